The van der Waals surface area contributed by atoms with Crippen molar-refractivity contribution in [2.75, 3.05) is 0 Å². The Hall–Kier alpha value is 0. The van der Waals surface area contributed by atoms with Crippen LogP contribution in [-0.2, 0) is 0 Å². The number of unbranched alkanes of at least 4 members (excludes halogenated alkanes) is 11. The van der Waals surface area contributed by atoms with E-state index >= 15 is 0 Å². The fourth-order valence-corrected chi connectivity index (χ4v) is 3.16. The Morgan fingerprint density at radius 3 is 1.15 bits per heavy atom. The highest BCUT2D eigenvalue weighted by Gasteiger charge is 2.05. The third kappa shape index (κ3) is 14.4. The molecular formula is C20H42. The first-order valence-electron chi connectivity index (χ1n) is 9.85. The molecular weight excluding hydrogens is 240 g/mol. The molecule has 0 fully saturated rings. The maximum atomic E-state index is 2.39. The molecule has 0 aromatic carbocycles. The molecule has 1 atom stereocenters. The molecule has 0 aliphatic heterocycles. The summed E-state index contributed by atoms with van der Waals surface area (Å²) in [5, 5.41) is 0. The number of rotatable bonds is 16. The molecule has 0 aliphatic carbocycles. The molecule has 0 saturated heterocycles. The third-order valence-electron chi connectivity index (χ3n) is 4.76. The van der Waals surface area contributed by atoms with Crippen LogP contribution < -0.4 is 0 Å². The fourth-order valence-electron chi connectivity index (χ4n) is 3.16. The predicted molar refractivity (Wildman–Crippen MR) is 94.4 cm³/mol. The molecule has 0 heterocycles. The number of hydrogen-bond donors (Lipinski definition) is 0. The van der Waals surface area contributed by atoms with Crippen LogP contribution in [0, 0.1) is 5.92 Å². The minimum absolute atomic E-state index is 1.02. The summed E-state index contributed by atoms with van der Waals surface area (Å²) in [5.41, 5.74) is 0. The van der Waals surface area contributed by atoms with Crippen molar-refractivity contribution in [1.82, 2.24) is 0 Å². The second kappa shape index (κ2) is 17.1. The zero-order valence-corrected chi connectivity index (χ0v) is 14.9. The first-order valence-corrected chi connectivity index (χ1v) is 9.85. The van der Waals surface area contributed by atoms with Crippen LogP contribution >= 0.6 is 0 Å². The Balaban J connectivity index is 3.29. The van der Waals surface area contributed by atoms with Gasteiger partial charge >= 0.3 is 0 Å². The Kier molecular flexibility index (Phi) is 17.1. The lowest BCUT2D eigenvalue weighted by Crippen LogP contribution is -1.99. The Morgan fingerprint density at radius 2 is 0.800 bits per heavy atom. The SMILES string of the molecule is CCCCCCCCCC(CC)CCCCCCCC. The molecule has 122 valence electrons. The van der Waals surface area contributed by atoms with Crippen molar-refractivity contribution in [3.05, 3.63) is 0 Å². The van der Waals surface area contributed by atoms with Crippen LogP contribution in [0.5, 0.6) is 0 Å². The summed E-state index contributed by atoms with van der Waals surface area (Å²) in [6.07, 6.45) is 23.3. The third-order valence-corrected chi connectivity index (χ3v) is 4.76. The number of hydrogen-bond acceptors (Lipinski definition) is 0. The van der Waals surface area contributed by atoms with Gasteiger partial charge in [0.15, 0.2) is 0 Å². The second-order valence-corrected chi connectivity index (χ2v) is 6.74. The fraction of sp³-hybridized carbons (Fsp3) is 1.00. The first kappa shape index (κ1) is 20.0. The van der Waals surface area contributed by atoms with E-state index in [1.54, 1.807) is 0 Å². The van der Waals surface area contributed by atoms with Crippen molar-refractivity contribution in [1.29, 1.82) is 0 Å². The van der Waals surface area contributed by atoms with Gasteiger partial charge in [0.2, 0.25) is 0 Å². The highest BCUT2D eigenvalue weighted by Crippen LogP contribution is 2.21. The van der Waals surface area contributed by atoms with Gasteiger partial charge in [0.05, 0.1) is 0 Å². The van der Waals surface area contributed by atoms with E-state index in [4.69, 9.17) is 0 Å². The van der Waals surface area contributed by atoms with Crippen molar-refractivity contribution < 1.29 is 0 Å². The molecule has 0 N–H and O–H groups in total. The highest BCUT2D eigenvalue weighted by atomic mass is 14.1. The lowest BCUT2D eigenvalue weighted by atomic mass is 9.92. The minimum atomic E-state index is 1.02. The zero-order chi connectivity index (χ0) is 14.9. The van der Waals surface area contributed by atoms with Gasteiger partial charge in [0, 0.05) is 0 Å². The van der Waals surface area contributed by atoms with Gasteiger partial charge in [0.1, 0.15) is 0 Å². The Labute approximate surface area is 130 Å². The summed E-state index contributed by atoms with van der Waals surface area (Å²) in [4.78, 5) is 0. The van der Waals surface area contributed by atoms with Crippen LogP contribution in [-0.4, -0.2) is 0 Å². The summed E-state index contributed by atoms with van der Waals surface area (Å²) in [5.74, 6) is 1.02. The van der Waals surface area contributed by atoms with Crippen molar-refractivity contribution in [3.63, 3.8) is 0 Å². The van der Waals surface area contributed by atoms with Crippen LogP contribution in [0.1, 0.15) is 124 Å². The lowest BCUT2D eigenvalue weighted by molar-refractivity contribution is 0.392. The van der Waals surface area contributed by atoms with Gasteiger partial charge in [-0.15, -0.1) is 0 Å². The molecule has 20 heavy (non-hydrogen) atoms. The van der Waals surface area contributed by atoms with Gasteiger partial charge in [-0.3, -0.25) is 0 Å². The molecule has 0 amide bonds. The van der Waals surface area contributed by atoms with Crippen LogP contribution in [0.25, 0.3) is 0 Å². The van der Waals surface area contributed by atoms with Crippen LogP contribution in [0.3, 0.4) is 0 Å². The molecule has 0 aromatic rings. The van der Waals surface area contributed by atoms with Crippen LogP contribution in [0.2, 0.25) is 0 Å². The van der Waals surface area contributed by atoms with Crippen molar-refractivity contribution in [2.24, 2.45) is 5.92 Å². The second-order valence-electron chi connectivity index (χ2n) is 6.74. The van der Waals surface area contributed by atoms with Gasteiger partial charge in [-0.25, -0.2) is 0 Å². The topological polar surface area (TPSA) is 0 Å². The largest absolute Gasteiger partial charge is 0.0654 e. The lowest BCUT2D eigenvalue weighted by Gasteiger charge is -2.14. The summed E-state index contributed by atoms with van der Waals surface area (Å²) < 4.78 is 0. The first-order chi connectivity index (χ1) is 9.85. The van der Waals surface area contributed by atoms with Gasteiger partial charge < -0.3 is 0 Å². The molecule has 0 rings (SSSR count). The van der Waals surface area contributed by atoms with E-state index in [1.807, 2.05) is 0 Å². The van der Waals surface area contributed by atoms with Crippen molar-refractivity contribution in [3.8, 4) is 0 Å². The molecule has 0 spiro atoms. The van der Waals surface area contributed by atoms with E-state index in [1.165, 1.54) is 103 Å². The van der Waals surface area contributed by atoms with E-state index < -0.39 is 0 Å². The van der Waals surface area contributed by atoms with E-state index in [-0.39, 0.29) is 0 Å². The van der Waals surface area contributed by atoms with E-state index in [9.17, 15) is 0 Å². The van der Waals surface area contributed by atoms with E-state index in [0.29, 0.717) is 0 Å². The minimum Gasteiger partial charge on any atom is -0.0654 e. The molecule has 0 nitrogen and oxygen atoms in total. The molecule has 0 bridgehead atoms. The quantitative estimate of drug-likeness (QED) is 0.252. The normalized spacial score (nSPS) is 12.8. The van der Waals surface area contributed by atoms with Gasteiger partial charge in [-0.2, -0.15) is 0 Å². The summed E-state index contributed by atoms with van der Waals surface area (Å²) in [7, 11) is 0. The van der Waals surface area contributed by atoms with Crippen LogP contribution in [0.15, 0.2) is 0 Å². The standard InChI is InChI=1S/C20H42/c1-4-7-9-11-13-15-17-19-20(6-3)18-16-14-12-10-8-5-2/h20H,4-19H2,1-3H3. The van der Waals surface area contributed by atoms with Crippen LogP contribution in [0.4, 0.5) is 0 Å². The van der Waals surface area contributed by atoms with Crippen molar-refractivity contribution >= 4 is 0 Å². The summed E-state index contributed by atoms with van der Waals surface area (Å²) in [6, 6.07) is 0. The van der Waals surface area contributed by atoms with E-state index in [0.717, 1.165) is 5.92 Å². The average Bonchev–Trinajstić information content (AvgIpc) is 2.47. The summed E-state index contributed by atoms with van der Waals surface area (Å²) in [6.45, 7) is 6.99. The van der Waals surface area contributed by atoms with E-state index in [2.05, 4.69) is 20.8 Å². The van der Waals surface area contributed by atoms with Gasteiger partial charge in [-0.1, -0.05) is 124 Å². The molecule has 0 aliphatic rings. The maximum absolute atomic E-state index is 2.39. The summed E-state index contributed by atoms with van der Waals surface area (Å²) >= 11 is 0. The molecule has 1 unspecified atom stereocenters. The molecule has 0 saturated carbocycles. The van der Waals surface area contributed by atoms with Gasteiger partial charge in [-0.05, 0) is 5.92 Å². The molecule has 0 heteroatoms. The molecule has 0 radical (unpaired) electrons. The van der Waals surface area contributed by atoms with Gasteiger partial charge in [0.25, 0.3) is 0 Å². The smallest absolute Gasteiger partial charge is 0.0417 e. The average molecular weight is 283 g/mol. The zero-order valence-electron chi connectivity index (χ0n) is 14.9. The van der Waals surface area contributed by atoms with Crippen molar-refractivity contribution in [2.45, 2.75) is 124 Å². The Bertz CT molecular complexity index is 161. The predicted octanol–water partition coefficient (Wildman–Crippen LogP) is 7.90. The Morgan fingerprint density at radius 1 is 0.450 bits per heavy atom. The maximum Gasteiger partial charge on any atom is -0.0417 e. The monoisotopic (exact) mass is 282 g/mol. The highest BCUT2D eigenvalue weighted by molar-refractivity contribution is 4.59. The molecule has 0 aromatic heterocycles.